The number of carbonyl (C=O) groups is 1. The minimum Gasteiger partial charge on any atom is -0.354 e. The van der Waals surface area contributed by atoms with E-state index in [1.807, 2.05) is 13.8 Å². The highest BCUT2D eigenvalue weighted by atomic mass is 32.2. The quantitative estimate of drug-likeness (QED) is 0.692. The smallest absolute Gasteiger partial charge is 0.238 e. The highest BCUT2D eigenvalue weighted by Crippen LogP contribution is 2.23. The van der Waals surface area contributed by atoms with Gasteiger partial charge in [0.2, 0.25) is 5.91 Å². The Hall–Kier alpha value is -0.620. The Morgan fingerprint density at radius 3 is 2.12 bits per heavy atom. The Labute approximate surface area is 104 Å². The minimum atomic E-state index is -3.33. The molecule has 17 heavy (non-hydrogen) atoms. The largest absolute Gasteiger partial charge is 0.354 e. The molecule has 0 rings (SSSR count). The van der Waals surface area contributed by atoms with Gasteiger partial charge >= 0.3 is 0 Å². The molecule has 3 N–H and O–H groups in total. The monoisotopic (exact) mass is 264 g/mol. The first-order chi connectivity index (χ1) is 7.72. The van der Waals surface area contributed by atoms with Crippen molar-refractivity contribution >= 4 is 15.7 Å². The van der Waals surface area contributed by atoms with Crippen molar-refractivity contribution in [2.24, 2.45) is 11.1 Å². The summed E-state index contributed by atoms with van der Waals surface area (Å²) < 4.78 is 22.4. The lowest BCUT2D eigenvalue weighted by atomic mass is 9.82. The molecule has 0 saturated heterocycles. The predicted octanol–water partition coefficient (Wildman–Crippen LogP) is 0.301. The van der Waals surface area contributed by atoms with Crippen LogP contribution in [0.5, 0.6) is 0 Å². The topological polar surface area (TPSA) is 89.3 Å². The van der Waals surface area contributed by atoms with E-state index in [1.54, 1.807) is 0 Å². The van der Waals surface area contributed by atoms with Crippen molar-refractivity contribution in [2.75, 3.05) is 19.3 Å². The van der Waals surface area contributed by atoms with Gasteiger partial charge in [-0.15, -0.1) is 0 Å². The van der Waals surface area contributed by atoms with E-state index in [0.717, 1.165) is 19.1 Å². The van der Waals surface area contributed by atoms with Crippen LogP contribution in [0.3, 0.4) is 0 Å². The zero-order valence-corrected chi connectivity index (χ0v) is 11.9. The van der Waals surface area contributed by atoms with Gasteiger partial charge in [-0.1, -0.05) is 13.8 Å². The maximum absolute atomic E-state index is 11.7. The van der Waals surface area contributed by atoms with Gasteiger partial charge in [0, 0.05) is 12.8 Å². The van der Waals surface area contributed by atoms with Gasteiger partial charge in [0.05, 0.1) is 0 Å². The molecule has 0 fully saturated rings. The van der Waals surface area contributed by atoms with Crippen LogP contribution in [-0.4, -0.2) is 38.9 Å². The number of carbonyl (C=O) groups excluding carboxylic acids is 1. The summed E-state index contributed by atoms with van der Waals surface area (Å²) in [7, 11) is -3.33. The standard InChI is InChI=1S/C11H24N2O3S/c1-5-11(6-2,7-12)8-13-10(14)9(3)17(4,15)16/h9H,5-8,12H2,1-4H3,(H,13,14). The maximum Gasteiger partial charge on any atom is 0.238 e. The third-order valence-corrected chi connectivity index (χ3v) is 5.08. The van der Waals surface area contributed by atoms with Crippen LogP contribution in [0, 0.1) is 5.41 Å². The van der Waals surface area contributed by atoms with E-state index < -0.39 is 21.0 Å². The van der Waals surface area contributed by atoms with Crippen LogP contribution in [0.1, 0.15) is 33.6 Å². The van der Waals surface area contributed by atoms with Crippen LogP contribution in [0.4, 0.5) is 0 Å². The van der Waals surface area contributed by atoms with Gasteiger partial charge in [-0.3, -0.25) is 4.79 Å². The lowest BCUT2D eigenvalue weighted by Gasteiger charge is -2.30. The average Bonchev–Trinajstić information content (AvgIpc) is 2.29. The fourth-order valence-electron chi connectivity index (χ4n) is 1.47. The van der Waals surface area contributed by atoms with Crippen molar-refractivity contribution in [3.05, 3.63) is 0 Å². The van der Waals surface area contributed by atoms with E-state index in [9.17, 15) is 13.2 Å². The summed E-state index contributed by atoms with van der Waals surface area (Å²) in [5, 5.41) is 1.68. The van der Waals surface area contributed by atoms with Crippen LogP contribution in [0.2, 0.25) is 0 Å². The van der Waals surface area contributed by atoms with Crippen LogP contribution >= 0.6 is 0 Å². The molecule has 6 heteroatoms. The number of sulfone groups is 1. The minimum absolute atomic E-state index is 0.132. The summed E-state index contributed by atoms with van der Waals surface area (Å²) in [6.07, 6.45) is 2.77. The van der Waals surface area contributed by atoms with E-state index in [1.165, 1.54) is 6.92 Å². The van der Waals surface area contributed by atoms with Gasteiger partial charge in [-0.05, 0) is 31.7 Å². The molecule has 0 aromatic heterocycles. The molecule has 0 spiro atoms. The van der Waals surface area contributed by atoms with Crippen LogP contribution in [0.15, 0.2) is 0 Å². The van der Waals surface area contributed by atoms with Crippen molar-refractivity contribution in [2.45, 2.75) is 38.9 Å². The molecule has 0 heterocycles. The molecule has 0 aromatic rings. The number of hydrogen-bond donors (Lipinski definition) is 2. The van der Waals surface area contributed by atoms with Gasteiger partial charge < -0.3 is 11.1 Å². The lowest BCUT2D eigenvalue weighted by molar-refractivity contribution is -0.120. The van der Waals surface area contributed by atoms with Gasteiger partial charge in [0.1, 0.15) is 5.25 Å². The summed E-state index contributed by atoms with van der Waals surface area (Å²) in [6.45, 7) is 6.33. The molecule has 0 bridgehead atoms. The molecule has 0 radical (unpaired) electrons. The molecular weight excluding hydrogens is 240 g/mol. The van der Waals surface area contributed by atoms with E-state index in [0.29, 0.717) is 13.1 Å². The number of nitrogens with two attached hydrogens (primary N) is 1. The number of amides is 1. The Morgan fingerprint density at radius 1 is 1.35 bits per heavy atom. The van der Waals surface area contributed by atoms with Crippen molar-refractivity contribution < 1.29 is 13.2 Å². The van der Waals surface area contributed by atoms with E-state index >= 15 is 0 Å². The Balaban J connectivity index is 4.52. The fourth-order valence-corrected chi connectivity index (χ4v) is 1.95. The zero-order valence-electron chi connectivity index (χ0n) is 11.1. The molecule has 5 nitrogen and oxygen atoms in total. The van der Waals surface area contributed by atoms with E-state index in [4.69, 9.17) is 5.73 Å². The van der Waals surface area contributed by atoms with Crippen molar-refractivity contribution in [3.8, 4) is 0 Å². The number of nitrogens with one attached hydrogen (secondary N) is 1. The third kappa shape index (κ3) is 4.63. The lowest BCUT2D eigenvalue weighted by Crippen LogP contribution is -2.45. The maximum atomic E-state index is 11.7. The average molecular weight is 264 g/mol. The highest BCUT2D eigenvalue weighted by Gasteiger charge is 2.28. The SMILES string of the molecule is CCC(CC)(CN)CNC(=O)C(C)S(C)(=O)=O. The first kappa shape index (κ1) is 16.4. The molecular formula is C11H24N2O3S. The Bertz CT molecular complexity index is 339. The summed E-state index contributed by atoms with van der Waals surface area (Å²) in [4.78, 5) is 11.7. The number of hydrogen-bond acceptors (Lipinski definition) is 4. The van der Waals surface area contributed by atoms with Crippen molar-refractivity contribution in [1.29, 1.82) is 0 Å². The van der Waals surface area contributed by atoms with Crippen molar-refractivity contribution in [1.82, 2.24) is 5.32 Å². The van der Waals surface area contributed by atoms with Gasteiger partial charge in [0.25, 0.3) is 0 Å². The van der Waals surface area contributed by atoms with E-state index in [-0.39, 0.29) is 5.41 Å². The van der Waals surface area contributed by atoms with Gasteiger partial charge in [-0.25, -0.2) is 8.42 Å². The highest BCUT2D eigenvalue weighted by molar-refractivity contribution is 7.92. The second kappa shape index (κ2) is 6.35. The second-order valence-electron chi connectivity index (χ2n) is 4.60. The third-order valence-electron chi connectivity index (χ3n) is 3.58. The molecule has 0 aromatic carbocycles. The molecule has 102 valence electrons. The summed E-state index contributed by atoms with van der Waals surface area (Å²) in [5.74, 6) is -0.452. The molecule has 0 aliphatic rings. The molecule has 1 atom stereocenters. The predicted molar refractivity (Wildman–Crippen MR) is 69.4 cm³/mol. The molecule has 1 unspecified atom stereocenters. The second-order valence-corrected chi connectivity index (χ2v) is 6.97. The Morgan fingerprint density at radius 2 is 1.82 bits per heavy atom. The molecule has 0 saturated carbocycles. The normalized spacial score (nSPS) is 14.4. The van der Waals surface area contributed by atoms with Crippen LogP contribution in [-0.2, 0) is 14.6 Å². The molecule has 0 aliphatic heterocycles. The number of rotatable bonds is 7. The fraction of sp³-hybridized carbons (Fsp3) is 0.909. The van der Waals surface area contributed by atoms with Crippen LogP contribution < -0.4 is 11.1 Å². The summed E-state index contributed by atoms with van der Waals surface area (Å²) in [6, 6.07) is 0. The molecule has 0 aliphatic carbocycles. The first-order valence-corrected chi connectivity index (χ1v) is 7.84. The van der Waals surface area contributed by atoms with Gasteiger partial charge in [0.15, 0.2) is 9.84 Å². The van der Waals surface area contributed by atoms with Crippen LogP contribution in [0.25, 0.3) is 0 Å². The van der Waals surface area contributed by atoms with E-state index in [2.05, 4.69) is 5.32 Å². The Kier molecular flexibility index (Phi) is 6.12. The first-order valence-electron chi connectivity index (χ1n) is 5.89. The zero-order chi connectivity index (χ0) is 13.7. The summed E-state index contributed by atoms with van der Waals surface area (Å²) >= 11 is 0. The molecule has 1 amide bonds. The summed E-state index contributed by atoms with van der Waals surface area (Å²) in [5.41, 5.74) is 5.58. The van der Waals surface area contributed by atoms with Crippen molar-refractivity contribution in [3.63, 3.8) is 0 Å². The van der Waals surface area contributed by atoms with Gasteiger partial charge in [-0.2, -0.15) is 0 Å².